The zero-order valence-electron chi connectivity index (χ0n) is 28.5. The van der Waals surface area contributed by atoms with E-state index in [0.717, 1.165) is 24.7 Å². The van der Waals surface area contributed by atoms with E-state index < -0.39 is 0 Å². The molecule has 246 valence electrons. The molecule has 0 aliphatic rings. The maximum Gasteiger partial charge on any atom is 0.234 e. The van der Waals surface area contributed by atoms with Crippen LogP contribution in [0.2, 0.25) is 0 Å². The van der Waals surface area contributed by atoms with Gasteiger partial charge in [-0.1, -0.05) is 194 Å². The number of carbonyl (C=O) groups excluding carboxylic acids is 2. The highest BCUT2D eigenvalue weighted by molar-refractivity contribution is 5.32. The van der Waals surface area contributed by atoms with Gasteiger partial charge in [0.15, 0.2) is 0 Å². The van der Waals surface area contributed by atoms with Crippen molar-refractivity contribution in [3.63, 3.8) is 0 Å². The van der Waals surface area contributed by atoms with Gasteiger partial charge in [0.1, 0.15) is 0 Å². The van der Waals surface area contributed by atoms with Crippen LogP contribution < -0.4 is 0 Å². The van der Waals surface area contributed by atoms with Crippen LogP contribution in [0.5, 0.6) is 0 Å². The van der Waals surface area contributed by atoms with Crippen molar-refractivity contribution in [1.29, 1.82) is 0 Å². The minimum absolute atomic E-state index is 0.652. The molecule has 0 radical (unpaired) electrons. The second kappa shape index (κ2) is 36.0. The highest BCUT2D eigenvalue weighted by Gasteiger charge is 2.20. The molecule has 0 bridgehead atoms. The van der Waals surface area contributed by atoms with E-state index in [1.807, 2.05) is 0 Å². The van der Waals surface area contributed by atoms with Crippen LogP contribution in [0.1, 0.15) is 206 Å². The molecule has 4 nitrogen and oxygen atoms in total. The minimum atomic E-state index is 0.652. The first-order valence-corrected chi connectivity index (χ1v) is 18.9. The maximum atomic E-state index is 10.2. The lowest BCUT2D eigenvalue weighted by Crippen LogP contribution is -2.16. The third-order valence-corrected chi connectivity index (χ3v) is 9.34. The fourth-order valence-electron chi connectivity index (χ4n) is 6.66. The number of unbranched alkanes of at least 4 members (excludes halogenated alkanes) is 22. The van der Waals surface area contributed by atoms with E-state index in [4.69, 9.17) is 0 Å². The molecule has 2 unspecified atom stereocenters. The van der Waals surface area contributed by atoms with Crippen LogP contribution in [-0.2, 0) is 9.59 Å². The maximum absolute atomic E-state index is 10.2. The van der Waals surface area contributed by atoms with Gasteiger partial charge < -0.3 is 0 Å². The molecule has 0 amide bonds. The zero-order chi connectivity index (χ0) is 30.6. The molecular weight excluding hydrogens is 516 g/mol. The second-order valence-corrected chi connectivity index (χ2v) is 13.1. The molecule has 0 N–H and O–H groups in total. The van der Waals surface area contributed by atoms with Gasteiger partial charge in [0, 0.05) is 0 Å². The summed E-state index contributed by atoms with van der Waals surface area (Å²) >= 11 is 0. The molecule has 2 atom stereocenters. The van der Waals surface area contributed by atoms with Gasteiger partial charge in [-0.3, -0.25) is 0 Å². The summed E-state index contributed by atoms with van der Waals surface area (Å²) < 4.78 is 0. The van der Waals surface area contributed by atoms with E-state index in [0.29, 0.717) is 13.1 Å². The first-order chi connectivity index (χ1) is 20.8. The van der Waals surface area contributed by atoms with E-state index in [1.165, 1.54) is 180 Å². The van der Waals surface area contributed by atoms with Crippen molar-refractivity contribution in [2.24, 2.45) is 21.8 Å². The Morgan fingerprint density at radius 2 is 0.595 bits per heavy atom. The van der Waals surface area contributed by atoms with E-state index in [2.05, 4.69) is 23.8 Å². The Hall–Kier alpha value is -1.24. The zero-order valence-corrected chi connectivity index (χ0v) is 28.5. The molecule has 0 aromatic heterocycles. The standard InChI is InChI=1S/C38H72N2O2/c1-3-5-7-9-11-17-23-29-37(31-25-19-13-15-21-27-33-39-35-41)38(30-24-18-12-10-8-6-4-2)32-26-20-14-16-22-28-34-40-36-42/h37-38H,3-34H2,1-2H3. The van der Waals surface area contributed by atoms with Gasteiger partial charge in [-0.2, -0.15) is 0 Å². The molecule has 4 heteroatoms. The van der Waals surface area contributed by atoms with Gasteiger partial charge >= 0.3 is 0 Å². The molecule has 0 heterocycles. The van der Waals surface area contributed by atoms with Crippen LogP contribution in [0, 0.1) is 11.8 Å². The van der Waals surface area contributed by atoms with Crippen molar-refractivity contribution in [1.82, 2.24) is 0 Å². The quantitative estimate of drug-likeness (QED) is 0.0420. The molecule has 0 aromatic rings. The Kier molecular flexibility index (Phi) is 34.9. The lowest BCUT2D eigenvalue weighted by molar-refractivity contribution is 0.236. The molecule has 0 aromatic carbocycles. The first kappa shape index (κ1) is 40.8. The highest BCUT2D eigenvalue weighted by Crippen LogP contribution is 2.33. The van der Waals surface area contributed by atoms with Crippen molar-refractivity contribution < 1.29 is 9.59 Å². The molecule has 0 aliphatic carbocycles. The molecule has 0 aliphatic heterocycles. The van der Waals surface area contributed by atoms with Crippen LogP contribution in [0.25, 0.3) is 0 Å². The van der Waals surface area contributed by atoms with Gasteiger partial charge in [-0.05, 0) is 24.7 Å². The lowest BCUT2D eigenvalue weighted by Gasteiger charge is -2.28. The summed E-state index contributed by atoms with van der Waals surface area (Å²) in [6, 6.07) is 0. The van der Waals surface area contributed by atoms with E-state index >= 15 is 0 Å². The summed E-state index contributed by atoms with van der Waals surface area (Å²) in [5.74, 6) is 1.84. The van der Waals surface area contributed by atoms with Crippen LogP contribution in [0.15, 0.2) is 9.98 Å². The number of rotatable bonds is 35. The summed E-state index contributed by atoms with van der Waals surface area (Å²) in [6.07, 6.45) is 44.1. The lowest BCUT2D eigenvalue weighted by atomic mass is 9.78. The number of nitrogens with zero attached hydrogens (tertiary/aromatic N) is 2. The Balaban J connectivity index is 4.77. The van der Waals surface area contributed by atoms with Gasteiger partial charge in [-0.25, -0.2) is 19.6 Å². The topological polar surface area (TPSA) is 58.9 Å². The van der Waals surface area contributed by atoms with Crippen molar-refractivity contribution in [2.75, 3.05) is 13.1 Å². The molecule has 0 saturated heterocycles. The average molecular weight is 589 g/mol. The van der Waals surface area contributed by atoms with Crippen molar-refractivity contribution in [2.45, 2.75) is 206 Å². The van der Waals surface area contributed by atoms with Gasteiger partial charge in [0.25, 0.3) is 0 Å². The summed E-state index contributed by atoms with van der Waals surface area (Å²) in [4.78, 5) is 27.9. The summed E-state index contributed by atoms with van der Waals surface area (Å²) in [5.41, 5.74) is 0. The van der Waals surface area contributed by atoms with Crippen molar-refractivity contribution in [3.05, 3.63) is 0 Å². The molecular formula is C38H72N2O2. The Bertz CT molecular complexity index is 571. The number of hydrogen-bond donors (Lipinski definition) is 0. The summed E-state index contributed by atoms with van der Waals surface area (Å²) in [6.45, 7) is 5.92. The predicted molar refractivity (Wildman–Crippen MR) is 183 cm³/mol. The first-order valence-electron chi connectivity index (χ1n) is 18.9. The Morgan fingerprint density at radius 3 is 0.857 bits per heavy atom. The van der Waals surface area contributed by atoms with Gasteiger partial charge in [0.2, 0.25) is 12.2 Å². The second-order valence-electron chi connectivity index (χ2n) is 13.1. The van der Waals surface area contributed by atoms with Gasteiger partial charge in [0.05, 0.1) is 13.1 Å². The van der Waals surface area contributed by atoms with Crippen molar-refractivity contribution in [3.8, 4) is 0 Å². The molecule has 0 rings (SSSR count). The predicted octanol–water partition coefficient (Wildman–Crippen LogP) is 12.6. The number of aliphatic imine (C=N–C) groups is 2. The fraction of sp³-hybridized carbons (Fsp3) is 0.947. The number of hydrogen-bond acceptors (Lipinski definition) is 4. The van der Waals surface area contributed by atoms with Crippen LogP contribution >= 0.6 is 0 Å². The van der Waals surface area contributed by atoms with E-state index in [1.54, 1.807) is 12.2 Å². The summed E-state index contributed by atoms with van der Waals surface area (Å²) in [5, 5.41) is 0. The smallest absolute Gasteiger partial charge is 0.211 e. The normalized spacial score (nSPS) is 12.5. The van der Waals surface area contributed by atoms with Crippen LogP contribution in [-0.4, -0.2) is 25.2 Å². The SMILES string of the molecule is CCCCCCCCCC(CCCCCCCCN=C=O)C(CCCCCCCCC)CCCCCCCCN=C=O. The summed E-state index contributed by atoms with van der Waals surface area (Å²) in [7, 11) is 0. The third-order valence-electron chi connectivity index (χ3n) is 9.34. The van der Waals surface area contributed by atoms with E-state index in [-0.39, 0.29) is 0 Å². The van der Waals surface area contributed by atoms with Crippen molar-refractivity contribution >= 4 is 12.2 Å². The molecule has 42 heavy (non-hydrogen) atoms. The fourth-order valence-corrected chi connectivity index (χ4v) is 6.66. The molecule has 0 fully saturated rings. The minimum Gasteiger partial charge on any atom is -0.211 e. The Morgan fingerprint density at radius 1 is 0.357 bits per heavy atom. The van der Waals surface area contributed by atoms with E-state index in [9.17, 15) is 9.59 Å². The number of isocyanates is 2. The molecule has 0 saturated carbocycles. The highest BCUT2D eigenvalue weighted by atomic mass is 16.1. The molecule has 0 spiro atoms. The monoisotopic (exact) mass is 589 g/mol. The average Bonchev–Trinajstić information content (AvgIpc) is 3.00. The van der Waals surface area contributed by atoms with Crippen LogP contribution in [0.4, 0.5) is 0 Å². The Labute approximate surface area is 262 Å². The third kappa shape index (κ3) is 30.2. The largest absolute Gasteiger partial charge is 0.234 e. The van der Waals surface area contributed by atoms with Gasteiger partial charge in [-0.15, -0.1) is 0 Å². The van der Waals surface area contributed by atoms with Crippen LogP contribution in [0.3, 0.4) is 0 Å².